The number of carbonyl (C=O) groups excluding carboxylic acids is 1. The number of pyridine rings is 2. The van der Waals surface area contributed by atoms with E-state index in [0.29, 0.717) is 37.2 Å². The Balaban J connectivity index is 1.42. The maximum Gasteiger partial charge on any atom is 0.270 e. The molecule has 1 N–H and O–H groups in total. The third-order valence-corrected chi connectivity index (χ3v) is 5.79. The Kier molecular flexibility index (Phi) is 5.60. The van der Waals surface area contributed by atoms with E-state index in [0.717, 1.165) is 27.9 Å². The van der Waals surface area contributed by atoms with Crippen LogP contribution in [-0.4, -0.2) is 32.2 Å². The van der Waals surface area contributed by atoms with E-state index in [9.17, 15) is 4.79 Å². The van der Waals surface area contributed by atoms with E-state index in [1.165, 1.54) is 5.56 Å². The minimum Gasteiger partial charge on any atom is -0.473 e. The highest BCUT2D eigenvalue weighted by molar-refractivity contribution is 6.03. The van der Waals surface area contributed by atoms with Crippen molar-refractivity contribution in [3.05, 3.63) is 83.9 Å². The molecule has 1 aromatic carbocycles. The lowest BCUT2D eigenvalue weighted by Crippen LogP contribution is -2.35. The maximum atomic E-state index is 12.7. The Morgan fingerprint density at radius 2 is 1.82 bits per heavy atom. The number of rotatable bonds is 6. The van der Waals surface area contributed by atoms with Crippen LogP contribution in [0.15, 0.2) is 67.1 Å². The predicted molar refractivity (Wildman–Crippen MR) is 126 cm³/mol. The molecule has 1 aliphatic heterocycles. The van der Waals surface area contributed by atoms with Crippen molar-refractivity contribution in [1.82, 2.24) is 25.1 Å². The smallest absolute Gasteiger partial charge is 0.270 e. The molecule has 0 saturated carbocycles. The van der Waals surface area contributed by atoms with Crippen LogP contribution in [0.25, 0.3) is 22.4 Å². The summed E-state index contributed by atoms with van der Waals surface area (Å²) in [7, 11) is 0. The standard InChI is InChI=1S/C26H25N5O2/c1-17(2)19-5-3-18(4-6-19)16-33-22-8-7-21(15-29-22)23-24(20-9-11-27-12-10-20)30-31-14-13-28-26(32)25(23)31/h3-12,15,17H,13-14,16H2,1-2H3,(H,28,32). The summed E-state index contributed by atoms with van der Waals surface area (Å²) in [6.07, 6.45) is 5.18. The normalized spacial score (nSPS) is 13.0. The second-order valence-electron chi connectivity index (χ2n) is 8.36. The second-order valence-corrected chi connectivity index (χ2v) is 8.36. The van der Waals surface area contributed by atoms with Gasteiger partial charge >= 0.3 is 0 Å². The van der Waals surface area contributed by atoms with Crippen LogP contribution in [0.5, 0.6) is 5.88 Å². The Labute approximate surface area is 192 Å². The van der Waals surface area contributed by atoms with Gasteiger partial charge in [-0.2, -0.15) is 5.10 Å². The minimum atomic E-state index is -0.130. The third kappa shape index (κ3) is 4.22. The number of fused-ring (bicyclic) bond motifs is 1. The van der Waals surface area contributed by atoms with Crippen LogP contribution in [0.1, 0.15) is 41.4 Å². The fourth-order valence-electron chi connectivity index (χ4n) is 3.97. The zero-order valence-corrected chi connectivity index (χ0v) is 18.7. The molecule has 0 aliphatic carbocycles. The molecule has 5 rings (SSSR count). The lowest BCUT2D eigenvalue weighted by Gasteiger charge is -2.15. The molecule has 0 radical (unpaired) electrons. The monoisotopic (exact) mass is 439 g/mol. The quantitative estimate of drug-likeness (QED) is 0.480. The van der Waals surface area contributed by atoms with Crippen molar-refractivity contribution in [1.29, 1.82) is 0 Å². The van der Waals surface area contributed by atoms with Gasteiger partial charge in [-0.15, -0.1) is 0 Å². The van der Waals surface area contributed by atoms with Gasteiger partial charge < -0.3 is 10.1 Å². The number of nitrogens with one attached hydrogen (secondary N) is 1. The second kappa shape index (κ2) is 8.86. The Morgan fingerprint density at radius 1 is 1.03 bits per heavy atom. The highest BCUT2D eigenvalue weighted by atomic mass is 16.5. The molecule has 1 amide bonds. The van der Waals surface area contributed by atoms with E-state index in [1.54, 1.807) is 23.3 Å². The molecule has 166 valence electrons. The highest BCUT2D eigenvalue weighted by Gasteiger charge is 2.28. The number of hydrogen-bond donors (Lipinski definition) is 1. The predicted octanol–water partition coefficient (Wildman–Crippen LogP) is 4.45. The molecule has 7 nitrogen and oxygen atoms in total. The summed E-state index contributed by atoms with van der Waals surface area (Å²) in [5.74, 6) is 0.903. The number of amides is 1. The lowest BCUT2D eigenvalue weighted by molar-refractivity contribution is 0.0925. The molecule has 0 atom stereocenters. The molecule has 7 heteroatoms. The fraction of sp³-hybridized carbons (Fsp3) is 0.231. The molecular weight excluding hydrogens is 414 g/mol. The summed E-state index contributed by atoms with van der Waals surface area (Å²) in [6, 6.07) is 16.0. The van der Waals surface area contributed by atoms with Crippen molar-refractivity contribution in [2.24, 2.45) is 0 Å². The SMILES string of the molecule is CC(C)c1ccc(COc2ccc(-c3c(-c4ccncc4)nn4c3C(=O)NCC4)cn2)cc1. The largest absolute Gasteiger partial charge is 0.473 e. The van der Waals surface area contributed by atoms with Crippen LogP contribution in [0, 0.1) is 0 Å². The molecule has 0 spiro atoms. The summed E-state index contributed by atoms with van der Waals surface area (Å²) in [4.78, 5) is 21.3. The van der Waals surface area contributed by atoms with Gasteiger partial charge in [-0.3, -0.25) is 14.5 Å². The van der Waals surface area contributed by atoms with E-state index < -0.39 is 0 Å². The number of ether oxygens (including phenoxy) is 1. The zero-order chi connectivity index (χ0) is 22.8. The third-order valence-electron chi connectivity index (χ3n) is 5.79. The van der Waals surface area contributed by atoms with Gasteiger partial charge in [-0.1, -0.05) is 38.1 Å². The first kappa shape index (κ1) is 20.9. The van der Waals surface area contributed by atoms with E-state index in [1.807, 2.05) is 24.3 Å². The van der Waals surface area contributed by atoms with Crippen molar-refractivity contribution in [2.75, 3.05) is 6.54 Å². The number of carbonyl (C=O) groups is 1. The lowest BCUT2D eigenvalue weighted by atomic mass is 10.00. The van der Waals surface area contributed by atoms with Crippen LogP contribution < -0.4 is 10.1 Å². The molecule has 1 aliphatic rings. The van der Waals surface area contributed by atoms with Crippen LogP contribution in [0.3, 0.4) is 0 Å². The van der Waals surface area contributed by atoms with Gasteiger partial charge in [0, 0.05) is 47.9 Å². The Hall–Kier alpha value is -4.00. The molecule has 4 aromatic rings. The zero-order valence-electron chi connectivity index (χ0n) is 18.7. The first-order chi connectivity index (χ1) is 16.1. The molecule has 33 heavy (non-hydrogen) atoms. The first-order valence-electron chi connectivity index (χ1n) is 11.1. The van der Waals surface area contributed by atoms with E-state index >= 15 is 0 Å². The first-order valence-corrected chi connectivity index (χ1v) is 11.1. The van der Waals surface area contributed by atoms with Crippen LogP contribution in [0.4, 0.5) is 0 Å². The summed E-state index contributed by atoms with van der Waals surface area (Å²) in [5.41, 5.74) is 6.17. The van der Waals surface area contributed by atoms with Gasteiger partial charge in [0.25, 0.3) is 5.91 Å². The highest BCUT2D eigenvalue weighted by Crippen LogP contribution is 2.35. The average molecular weight is 440 g/mol. The summed E-state index contributed by atoms with van der Waals surface area (Å²) in [6.45, 7) is 5.99. The Morgan fingerprint density at radius 3 is 2.52 bits per heavy atom. The van der Waals surface area contributed by atoms with Gasteiger partial charge in [-0.05, 0) is 35.2 Å². The van der Waals surface area contributed by atoms with Gasteiger partial charge in [0.1, 0.15) is 18.0 Å². The van der Waals surface area contributed by atoms with Gasteiger partial charge in [-0.25, -0.2) is 4.98 Å². The average Bonchev–Trinajstić information content (AvgIpc) is 3.25. The maximum absolute atomic E-state index is 12.7. The molecule has 3 aromatic heterocycles. The topological polar surface area (TPSA) is 81.9 Å². The van der Waals surface area contributed by atoms with Crippen molar-refractivity contribution < 1.29 is 9.53 Å². The van der Waals surface area contributed by atoms with Crippen LogP contribution in [0.2, 0.25) is 0 Å². The molecule has 0 saturated heterocycles. The molecule has 0 unspecified atom stereocenters. The summed E-state index contributed by atoms with van der Waals surface area (Å²) < 4.78 is 7.67. The van der Waals surface area contributed by atoms with Gasteiger partial charge in [0.2, 0.25) is 5.88 Å². The Bertz CT molecular complexity index is 1260. The molecule has 0 bridgehead atoms. The minimum absolute atomic E-state index is 0.130. The van der Waals surface area contributed by atoms with Gasteiger partial charge in [0.05, 0.1) is 6.54 Å². The number of nitrogens with zero attached hydrogens (tertiary/aromatic N) is 4. The van der Waals surface area contributed by atoms with Crippen LogP contribution >= 0.6 is 0 Å². The van der Waals surface area contributed by atoms with Crippen LogP contribution in [-0.2, 0) is 13.2 Å². The molecule has 0 fully saturated rings. The van der Waals surface area contributed by atoms with Crippen molar-refractivity contribution in [3.8, 4) is 28.3 Å². The summed E-state index contributed by atoms with van der Waals surface area (Å²) >= 11 is 0. The number of benzene rings is 1. The molecular formula is C26H25N5O2. The number of hydrogen-bond acceptors (Lipinski definition) is 5. The molecule has 4 heterocycles. The van der Waals surface area contributed by atoms with Crippen molar-refractivity contribution >= 4 is 5.91 Å². The van der Waals surface area contributed by atoms with Crippen molar-refractivity contribution in [3.63, 3.8) is 0 Å². The summed E-state index contributed by atoms with van der Waals surface area (Å²) in [5, 5.41) is 7.65. The van der Waals surface area contributed by atoms with Gasteiger partial charge in [0.15, 0.2) is 0 Å². The van der Waals surface area contributed by atoms with Crippen molar-refractivity contribution in [2.45, 2.75) is 32.9 Å². The fourth-order valence-corrected chi connectivity index (χ4v) is 3.97. The van der Waals surface area contributed by atoms with E-state index in [4.69, 9.17) is 9.84 Å². The number of aromatic nitrogens is 4. The van der Waals surface area contributed by atoms with E-state index in [-0.39, 0.29) is 5.91 Å². The van der Waals surface area contributed by atoms with E-state index in [2.05, 4.69) is 53.4 Å².